The summed E-state index contributed by atoms with van der Waals surface area (Å²) < 4.78 is 12.9. The molecule has 1 atom stereocenters. The van der Waals surface area contributed by atoms with Crippen LogP contribution in [0.3, 0.4) is 0 Å². The lowest BCUT2D eigenvalue weighted by molar-refractivity contribution is 0.447. The van der Waals surface area contributed by atoms with Crippen molar-refractivity contribution in [3.63, 3.8) is 0 Å². The minimum absolute atomic E-state index is 0.0171. The van der Waals surface area contributed by atoms with Crippen molar-refractivity contribution in [3.8, 4) is 5.75 Å². The van der Waals surface area contributed by atoms with Crippen molar-refractivity contribution in [3.05, 3.63) is 64.4 Å². The van der Waals surface area contributed by atoms with Gasteiger partial charge in [-0.15, -0.1) is 0 Å². The van der Waals surface area contributed by atoms with E-state index in [0.717, 1.165) is 24.1 Å². The molecule has 0 radical (unpaired) electrons. The van der Waals surface area contributed by atoms with Crippen LogP contribution in [0.5, 0.6) is 5.75 Å². The molecule has 0 saturated carbocycles. The first-order chi connectivity index (χ1) is 9.56. The van der Waals surface area contributed by atoms with Crippen LogP contribution in [0.25, 0.3) is 0 Å². The molecule has 2 rings (SSSR count). The van der Waals surface area contributed by atoms with Crippen molar-refractivity contribution < 1.29 is 9.50 Å². The number of benzene rings is 2. The molecule has 0 amide bonds. The van der Waals surface area contributed by atoms with Gasteiger partial charge >= 0.3 is 0 Å². The summed E-state index contributed by atoms with van der Waals surface area (Å²) in [5, 5.41) is 13.7. The van der Waals surface area contributed by atoms with Crippen molar-refractivity contribution in [1.29, 1.82) is 0 Å². The van der Waals surface area contributed by atoms with Crippen molar-refractivity contribution >= 4 is 11.6 Å². The second-order valence-electron chi connectivity index (χ2n) is 4.76. The van der Waals surface area contributed by atoms with E-state index in [1.54, 1.807) is 6.07 Å². The highest BCUT2D eigenvalue weighted by molar-refractivity contribution is 6.30. The Bertz CT molecular complexity index is 571. The van der Waals surface area contributed by atoms with Gasteiger partial charge in [-0.05, 0) is 43.7 Å². The largest absolute Gasteiger partial charge is 0.508 e. The zero-order valence-corrected chi connectivity index (χ0v) is 12.0. The maximum absolute atomic E-state index is 12.9. The molecule has 0 fully saturated rings. The van der Waals surface area contributed by atoms with Crippen LogP contribution in [-0.2, 0) is 6.42 Å². The molecule has 2 aromatic rings. The van der Waals surface area contributed by atoms with E-state index in [1.165, 1.54) is 11.6 Å². The molecular formula is C16H17ClFNO. The van der Waals surface area contributed by atoms with Gasteiger partial charge in [0.15, 0.2) is 0 Å². The number of phenolic OH excluding ortho intramolecular Hbond substituents is 1. The second kappa shape index (κ2) is 6.73. The fourth-order valence-corrected chi connectivity index (χ4v) is 2.20. The smallest absolute Gasteiger partial charge is 0.126 e. The highest BCUT2D eigenvalue weighted by Gasteiger charge is 2.10. The third-order valence-corrected chi connectivity index (χ3v) is 3.49. The van der Waals surface area contributed by atoms with Crippen LogP contribution >= 0.6 is 11.6 Å². The molecule has 2 N–H and O–H groups in total. The SMILES string of the molecule is CC(NCCc1ccc(Cl)cc1)c1ccc(F)cc1O. The second-order valence-corrected chi connectivity index (χ2v) is 5.19. The lowest BCUT2D eigenvalue weighted by Crippen LogP contribution is -2.21. The number of phenols is 1. The standard InChI is InChI=1S/C16H17ClFNO/c1-11(15-7-6-14(18)10-16(15)20)19-9-8-12-2-4-13(17)5-3-12/h2-7,10-11,19-20H,8-9H2,1H3. The summed E-state index contributed by atoms with van der Waals surface area (Å²) in [5.41, 5.74) is 1.89. The van der Waals surface area contributed by atoms with Crippen molar-refractivity contribution in [2.75, 3.05) is 6.54 Å². The molecule has 0 spiro atoms. The van der Waals surface area contributed by atoms with Gasteiger partial charge in [0, 0.05) is 22.7 Å². The molecule has 106 valence electrons. The first-order valence-electron chi connectivity index (χ1n) is 6.52. The normalized spacial score (nSPS) is 12.3. The predicted octanol–water partition coefficient (Wildman–Crippen LogP) is 4.08. The lowest BCUT2D eigenvalue weighted by atomic mass is 10.1. The zero-order chi connectivity index (χ0) is 14.5. The van der Waals surface area contributed by atoms with E-state index < -0.39 is 5.82 Å². The fraction of sp³-hybridized carbons (Fsp3) is 0.250. The van der Waals surface area contributed by atoms with Crippen molar-refractivity contribution in [2.24, 2.45) is 0 Å². The van der Waals surface area contributed by atoms with Crippen LogP contribution < -0.4 is 5.32 Å². The molecule has 0 bridgehead atoms. The van der Waals surface area contributed by atoms with Crippen LogP contribution in [-0.4, -0.2) is 11.7 Å². The van der Waals surface area contributed by atoms with Crippen molar-refractivity contribution in [2.45, 2.75) is 19.4 Å². The summed E-state index contributed by atoms with van der Waals surface area (Å²) in [6.45, 7) is 2.70. The average molecular weight is 294 g/mol. The van der Waals surface area contributed by atoms with Gasteiger partial charge in [0.05, 0.1) is 0 Å². The van der Waals surface area contributed by atoms with Crippen LogP contribution in [0.15, 0.2) is 42.5 Å². The third-order valence-electron chi connectivity index (χ3n) is 3.24. The van der Waals surface area contributed by atoms with Gasteiger partial charge in [0.1, 0.15) is 11.6 Å². The number of aromatic hydroxyl groups is 1. The van der Waals surface area contributed by atoms with Crippen LogP contribution in [0.2, 0.25) is 5.02 Å². The van der Waals surface area contributed by atoms with E-state index in [4.69, 9.17) is 11.6 Å². The van der Waals surface area contributed by atoms with Crippen LogP contribution in [0, 0.1) is 5.82 Å². The van der Waals surface area contributed by atoms with Crippen molar-refractivity contribution in [1.82, 2.24) is 5.32 Å². The number of hydrogen-bond acceptors (Lipinski definition) is 2. The first-order valence-corrected chi connectivity index (χ1v) is 6.90. The molecule has 0 aliphatic heterocycles. The van der Waals surface area contributed by atoms with Gasteiger partial charge in [-0.3, -0.25) is 0 Å². The zero-order valence-electron chi connectivity index (χ0n) is 11.2. The quantitative estimate of drug-likeness (QED) is 0.871. The topological polar surface area (TPSA) is 32.3 Å². The summed E-state index contributed by atoms with van der Waals surface area (Å²) in [4.78, 5) is 0. The average Bonchev–Trinajstić information content (AvgIpc) is 2.41. The molecule has 0 heterocycles. The Kier molecular flexibility index (Phi) is 4.99. The monoisotopic (exact) mass is 293 g/mol. The molecule has 1 unspecified atom stereocenters. The molecule has 20 heavy (non-hydrogen) atoms. The summed E-state index contributed by atoms with van der Waals surface area (Å²) in [6.07, 6.45) is 0.865. The highest BCUT2D eigenvalue weighted by atomic mass is 35.5. The molecule has 0 aliphatic rings. The Morgan fingerprint density at radius 2 is 1.90 bits per heavy atom. The van der Waals surface area contributed by atoms with Crippen LogP contribution in [0.1, 0.15) is 24.1 Å². The summed E-state index contributed by atoms with van der Waals surface area (Å²) in [7, 11) is 0. The Labute approximate surface area is 123 Å². The lowest BCUT2D eigenvalue weighted by Gasteiger charge is -2.15. The Hall–Kier alpha value is -1.58. The van der Waals surface area contributed by atoms with Gasteiger partial charge in [-0.1, -0.05) is 29.8 Å². The van der Waals surface area contributed by atoms with Gasteiger partial charge in [-0.25, -0.2) is 4.39 Å². The van der Waals surface area contributed by atoms with Gasteiger partial charge < -0.3 is 10.4 Å². The van der Waals surface area contributed by atoms with E-state index in [9.17, 15) is 9.50 Å². The van der Waals surface area contributed by atoms with Gasteiger partial charge in [0.2, 0.25) is 0 Å². The fourth-order valence-electron chi connectivity index (χ4n) is 2.08. The predicted molar refractivity (Wildman–Crippen MR) is 79.6 cm³/mol. The maximum Gasteiger partial charge on any atom is 0.126 e. The van der Waals surface area contributed by atoms with E-state index >= 15 is 0 Å². The molecule has 2 nitrogen and oxygen atoms in total. The van der Waals surface area contributed by atoms with E-state index in [2.05, 4.69) is 5.32 Å². The molecule has 0 aliphatic carbocycles. The number of rotatable bonds is 5. The van der Waals surface area contributed by atoms with Gasteiger partial charge in [0.25, 0.3) is 0 Å². The summed E-state index contributed by atoms with van der Waals surface area (Å²) >= 11 is 5.83. The van der Waals surface area contributed by atoms with E-state index in [1.807, 2.05) is 31.2 Å². The minimum atomic E-state index is -0.431. The number of hydrogen-bond donors (Lipinski definition) is 2. The molecule has 0 aromatic heterocycles. The Balaban J connectivity index is 1.88. The highest BCUT2D eigenvalue weighted by Crippen LogP contribution is 2.24. The molecular weight excluding hydrogens is 277 g/mol. The number of halogens is 2. The first kappa shape index (κ1) is 14.8. The molecule has 2 aromatic carbocycles. The molecule has 4 heteroatoms. The summed E-state index contributed by atoms with van der Waals surface area (Å²) in [5.74, 6) is -0.448. The summed E-state index contributed by atoms with van der Waals surface area (Å²) in [6, 6.07) is 11.8. The Morgan fingerprint density at radius 1 is 1.20 bits per heavy atom. The third kappa shape index (κ3) is 3.95. The maximum atomic E-state index is 12.9. The number of nitrogens with one attached hydrogen (secondary N) is 1. The van der Waals surface area contributed by atoms with E-state index in [-0.39, 0.29) is 11.8 Å². The minimum Gasteiger partial charge on any atom is -0.508 e. The van der Waals surface area contributed by atoms with Crippen LogP contribution in [0.4, 0.5) is 4.39 Å². The van der Waals surface area contributed by atoms with E-state index in [0.29, 0.717) is 5.56 Å². The van der Waals surface area contributed by atoms with Gasteiger partial charge in [-0.2, -0.15) is 0 Å². The molecule has 0 saturated heterocycles. The Morgan fingerprint density at radius 3 is 2.55 bits per heavy atom.